The van der Waals surface area contributed by atoms with Crippen molar-refractivity contribution in [2.24, 2.45) is 0 Å². The van der Waals surface area contributed by atoms with Crippen molar-refractivity contribution in [3.05, 3.63) is 127 Å². The van der Waals surface area contributed by atoms with Crippen molar-refractivity contribution >= 4 is 21.9 Å². The van der Waals surface area contributed by atoms with Gasteiger partial charge in [-0.2, -0.15) is 0 Å². The zero-order chi connectivity index (χ0) is 27.8. The molecule has 0 aliphatic rings. The first kappa shape index (κ1) is 24.9. The number of para-hydroxylation sites is 2. The van der Waals surface area contributed by atoms with E-state index in [0.29, 0.717) is 5.82 Å². The molecule has 0 unspecified atom stereocenters. The minimum atomic E-state index is 0.701. The Morgan fingerprint density at radius 1 is 0.561 bits per heavy atom. The van der Waals surface area contributed by atoms with Gasteiger partial charge >= 0.3 is 0 Å². The molecule has 0 saturated heterocycles. The molecule has 0 atom stereocenters. The molecule has 4 aromatic carbocycles. The summed E-state index contributed by atoms with van der Waals surface area (Å²) in [5, 5.41) is 2.21. The summed E-state index contributed by atoms with van der Waals surface area (Å²) in [6.07, 6.45) is 5.35. The Bertz CT molecular complexity index is 2010. The van der Waals surface area contributed by atoms with Crippen LogP contribution in [0.15, 0.2) is 120 Å². The smallest absolute Gasteiger partial charge is 0.160 e. The van der Waals surface area contributed by atoms with Crippen molar-refractivity contribution in [1.82, 2.24) is 15.0 Å². The quantitative estimate of drug-likeness (QED) is 0.214. The van der Waals surface area contributed by atoms with Gasteiger partial charge in [0.15, 0.2) is 5.82 Å². The van der Waals surface area contributed by atoms with E-state index in [9.17, 15) is 0 Å². The molecule has 0 aliphatic heterocycles. The van der Waals surface area contributed by atoms with Crippen molar-refractivity contribution in [1.29, 1.82) is 0 Å². The maximum atomic E-state index is 6.47. The van der Waals surface area contributed by atoms with Crippen molar-refractivity contribution in [2.75, 3.05) is 0 Å². The number of benzene rings is 4. The lowest BCUT2D eigenvalue weighted by Gasteiger charge is -2.17. The largest absolute Gasteiger partial charge is 0.455 e. The fourth-order valence-corrected chi connectivity index (χ4v) is 5.74. The van der Waals surface area contributed by atoms with Gasteiger partial charge in [-0.3, -0.25) is 4.98 Å². The first-order chi connectivity index (χ1) is 20.2. The molecule has 7 rings (SSSR count). The van der Waals surface area contributed by atoms with Crippen LogP contribution in [0.1, 0.15) is 25.0 Å². The van der Waals surface area contributed by atoms with Crippen molar-refractivity contribution in [3.63, 3.8) is 0 Å². The summed E-state index contributed by atoms with van der Waals surface area (Å²) in [5.74, 6) is 0.701. The van der Waals surface area contributed by atoms with Crippen LogP contribution in [0.3, 0.4) is 0 Å². The number of rotatable bonds is 6. The number of hydrogen-bond acceptors (Lipinski definition) is 4. The Hall–Kier alpha value is -5.09. The number of fused-ring (bicyclic) bond motifs is 3. The van der Waals surface area contributed by atoms with Crippen molar-refractivity contribution in [3.8, 4) is 45.0 Å². The summed E-state index contributed by atoms with van der Waals surface area (Å²) in [6.45, 7) is 4.38. The number of furan rings is 1. The van der Waals surface area contributed by atoms with E-state index in [1.807, 2.05) is 36.7 Å². The molecule has 0 N–H and O–H groups in total. The van der Waals surface area contributed by atoms with Gasteiger partial charge in [-0.05, 0) is 53.8 Å². The number of pyridine rings is 1. The molecule has 3 heterocycles. The maximum Gasteiger partial charge on any atom is 0.160 e. The van der Waals surface area contributed by atoms with Gasteiger partial charge in [0.1, 0.15) is 11.2 Å². The molecule has 41 heavy (non-hydrogen) atoms. The third-order valence-electron chi connectivity index (χ3n) is 7.83. The highest BCUT2D eigenvalue weighted by Gasteiger charge is 2.22. The Balaban J connectivity index is 1.49. The van der Waals surface area contributed by atoms with E-state index in [1.54, 1.807) is 0 Å². The highest BCUT2D eigenvalue weighted by Crippen LogP contribution is 2.40. The van der Waals surface area contributed by atoms with E-state index in [4.69, 9.17) is 14.4 Å². The predicted molar refractivity (Wildman–Crippen MR) is 168 cm³/mol. The summed E-state index contributed by atoms with van der Waals surface area (Å²) < 4.78 is 6.47. The SMILES string of the molecule is CCc1ccccc1-c1nc(-c2ccc(-c3ccncc3)cc2)nc(-c2cccc3c2oc2ccccc23)c1CC. The summed E-state index contributed by atoms with van der Waals surface area (Å²) in [6, 6.07) is 35.7. The minimum absolute atomic E-state index is 0.701. The Morgan fingerprint density at radius 3 is 1.98 bits per heavy atom. The molecule has 0 amide bonds. The second kappa shape index (κ2) is 10.5. The molecule has 3 aromatic heterocycles. The third kappa shape index (κ3) is 4.38. The summed E-state index contributed by atoms with van der Waals surface area (Å²) in [4.78, 5) is 14.7. The highest BCUT2D eigenvalue weighted by molar-refractivity contribution is 6.09. The van der Waals surface area contributed by atoms with E-state index in [0.717, 1.165) is 79.5 Å². The third-order valence-corrected chi connectivity index (χ3v) is 7.83. The molecular weight excluding hydrogens is 502 g/mol. The molecule has 4 heteroatoms. The molecule has 0 saturated carbocycles. The minimum Gasteiger partial charge on any atom is -0.455 e. The van der Waals surface area contributed by atoms with Crippen LogP contribution in [0.5, 0.6) is 0 Å². The summed E-state index contributed by atoms with van der Waals surface area (Å²) in [7, 11) is 0. The standard InChI is InChI=1S/C37H29N3O/c1-3-24-10-5-6-11-29(24)34-28(4-2)35(32-14-9-13-31-30-12-7-8-15-33(30)41-36(31)32)40-37(39-34)27-18-16-25(17-19-27)26-20-22-38-23-21-26/h5-23H,3-4H2,1-2H3. The van der Waals surface area contributed by atoms with E-state index >= 15 is 0 Å². The maximum absolute atomic E-state index is 6.47. The van der Waals surface area contributed by atoms with Crippen LogP contribution in [0.2, 0.25) is 0 Å². The lowest BCUT2D eigenvalue weighted by Crippen LogP contribution is -2.04. The molecule has 198 valence electrons. The zero-order valence-electron chi connectivity index (χ0n) is 23.1. The average molecular weight is 532 g/mol. The fourth-order valence-electron chi connectivity index (χ4n) is 5.74. The number of nitrogens with zero attached hydrogens (tertiary/aromatic N) is 3. The van der Waals surface area contributed by atoms with Gasteiger partial charge in [-0.1, -0.05) is 92.7 Å². The van der Waals surface area contributed by atoms with Gasteiger partial charge in [-0.25, -0.2) is 9.97 Å². The number of hydrogen-bond donors (Lipinski definition) is 0. The molecule has 0 bridgehead atoms. The van der Waals surface area contributed by atoms with Crippen LogP contribution in [0, 0.1) is 0 Å². The van der Waals surface area contributed by atoms with Gasteiger partial charge in [0, 0.05) is 45.4 Å². The Morgan fingerprint density at radius 2 is 1.20 bits per heavy atom. The van der Waals surface area contributed by atoms with E-state index in [2.05, 4.69) is 97.7 Å². The molecule has 0 radical (unpaired) electrons. The fraction of sp³-hybridized carbons (Fsp3) is 0.108. The summed E-state index contributed by atoms with van der Waals surface area (Å²) >= 11 is 0. The van der Waals surface area contributed by atoms with Crippen LogP contribution in [0.25, 0.3) is 67.0 Å². The monoisotopic (exact) mass is 531 g/mol. The molecule has 0 fully saturated rings. The molecule has 0 aliphatic carbocycles. The lowest BCUT2D eigenvalue weighted by molar-refractivity contribution is 0.669. The molecule has 7 aromatic rings. The number of aromatic nitrogens is 3. The van der Waals surface area contributed by atoms with E-state index < -0.39 is 0 Å². The molecular formula is C37H29N3O. The highest BCUT2D eigenvalue weighted by atomic mass is 16.3. The predicted octanol–water partition coefficient (Wildman–Crippen LogP) is 9.56. The van der Waals surface area contributed by atoms with Crippen LogP contribution in [-0.2, 0) is 12.8 Å². The topological polar surface area (TPSA) is 51.8 Å². The average Bonchev–Trinajstić information content (AvgIpc) is 3.43. The molecule has 4 nitrogen and oxygen atoms in total. The van der Waals surface area contributed by atoms with Crippen LogP contribution < -0.4 is 0 Å². The van der Waals surface area contributed by atoms with Crippen molar-refractivity contribution in [2.45, 2.75) is 26.7 Å². The van der Waals surface area contributed by atoms with Gasteiger partial charge < -0.3 is 4.42 Å². The van der Waals surface area contributed by atoms with Gasteiger partial charge in [0.05, 0.1) is 11.4 Å². The van der Waals surface area contributed by atoms with Crippen LogP contribution in [0.4, 0.5) is 0 Å². The van der Waals surface area contributed by atoms with Gasteiger partial charge in [0.2, 0.25) is 0 Å². The first-order valence-electron chi connectivity index (χ1n) is 14.2. The van der Waals surface area contributed by atoms with Gasteiger partial charge in [0.25, 0.3) is 0 Å². The first-order valence-corrected chi connectivity index (χ1v) is 14.2. The van der Waals surface area contributed by atoms with Crippen LogP contribution in [-0.4, -0.2) is 15.0 Å². The second-order valence-electron chi connectivity index (χ2n) is 10.2. The van der Waals surface area contributed by atoms with Gasteiger partial charge in [-0.15, -0.1) is 0 Å². The Kier molecular flexibility index (Phi) is 6.36. The number of aryl methyl sites for hydroxylation is 1. The van der Waals surface area contributed by atoms with Crippen LogP contribution >= 0.6 is 0 Å². The zero-order valence-corrected chi connectivity index (χ0v) is 23.1. The normalized spacial score (nSPS) is 11.4. The summed E-state index contributed by atoms with van der Waals surface area (Å²) in [5.41, 5.74) is 11.4. The van der Waals surface area contributed by atoms with Crippen molar-refractivity contribution < 1.29 is 4.42 Å². The molecule has 0 spiro atoms. The second-order valence-corrected chi connectivity index (χ2v) is 10.2. The van der Waals surface area contributed by atoms with E-state index in [1.165, 1.54) is 5.56 Å². The van der Waals surface area contributed by atoms with E-state index in [-0.39, 0.29) is 0 Å². The Labute approximate surface area is 239 Å². The lowest BCUT2D eigenvalue weighted by atomic mass is 9.93.